The second kappa shape index (κ2) is 6.82. The molecule has 1 aromatic rings. The van der Waals surface area contributed by atoms with Crippen molar-refractivity contribution in [1.29, 1.82) is 0 Å². The molecule has 1 heterocycles. The van der Waals surface area contributed by atoms with Gasteiger partial charge >= 0.3 is 0 Å². The zero-order valence-corrected chi connectivity index (χ0v) is 15.9. The highest BCUT2D eigenvalue weighted by Gasteiger charge is 2.26. The van der Waals surface area contributed by atoms with Crippen LogP contribution in [0, 0.1) is 0 Å². The molecule has 24 heavy (non-hydrogen) atoms. The number of nitrogens with one attached hydrogen (secondary N) is 1. The highest BCUT2D eigenvalue weighted by atomic mass is 32.2. The summed E-state index contributed by atoms with van der Waals surface area (Å²) in [5.41, 5.74) is 1.44. The van der Waals surface area contributed by atoms with E-state index >= 15 is 0 Å². The Morgan fingerprint density at radius 2 is 2.00 bits per heavy atom. The predicted molar refractivity (Wildman–Crippen MR) is 95.7 cm³/mol. The van der Waals surface area contributed by atoms with Crippen molar-refractivity contribution in [2.75, 3.05) is 32.1 Å². The van der Waals surface area contributed by atoms with Crippen LogP contribution in [0.4, 0.5) is 5.69 Å². The van der Waals surface area contributed by atoms with Crippen LogP contribution in [0.3, 0.4) is 0 Å². The van der Waals surface area contributed by atoms with E-state index in [4.69, 9.17) is 0 Å². The van der Waals surface area contributed by atoms with Crippen LogP contribution >= 0.6 is 0 Å². The average Bonchev–Trinajstić information content (AvgIpc) is 2.51. The number of aryl methyl sites for hydroxylation is 1. The normalized spacial score (nSPS) is 15.5. The van der Waals surface area contributed by atoms with Gasteiger partial charge in [0.05, 0.1) is 4.90 Å². The SMILES string of the molecule is CC(=O)N1CCCc2cc(S(=O)(=O)NCC(C)(C)N(C)C)ccc21. The summed E-state index contributed by atoms with van der Waals surface area (Å²) in [6.07, 6.45) is 1.63. The van der Waals surface area contributed by atoms with Crippen LogP contribution in [0.1, 0.15) is 32.8 Å². The summed E-state index contributed by atoms with van der Waals surface area (Å²) in [6, 6.07) is 5.00. The van der Waals surface area contributed by atoms with Crippen LogP contribution in [0.15, 0.2) is 23.1 Å². The number of likely N-dealkylation sites (N-methyl/N-ethyl adjacent to an activating group) is 1. The van der Waals surface area contributed by atoms with E-state index in [-0.39, 0.29) is 16.3 Å². The van der Waals surface area contributed by atoms with E-state index in [0.29, 0.717) is 13.1 Å². The number of anilines is 1. The van der Waals surface area contributed by atoms with Crippen molar-refractivity contribution in [3.8, 4) is 0 Å². The van der Waals surface area contributed by atoms with Crippen LogP contribution in [0.5, 0.6) is 0 Å². The Bertz CT molecular complexity index is 727. The summed E-state index contributed by atoms with van der Waals surface area (Å²) in [7, 11) is 0.262. The van der Waals surface area contributed by atoms with Gasteiger partial charge in [0.1, 0.15) is 0 Å². The summed E-state index contributed by atoms with van der Waals surface area (Å²) in [5, 5.41) is 0. The monoisotopic (exact) mass is 353 g/mol. The van der Waals surface area contributed by atoms with Gasteiger partial charge in [-0.1, -0.05) is 0 Å². The molecule has 0 unspecified atom stereocenters. The quantitative estimate of drug-likeness (QED) is 0.873. The van der Waals surface area contributed by atoms with Gasteiger partial charge in [0.25, 0.3) is 0 Å². The fourth-order valence-electron chi connectivity index (χ4n) is 2.58. The molecular weight excluding hydrogens is 326 g/mol. The Balaban J connectivity index is 2.25. The molecule has 0 radical (unpaired) electrons. The number of nitrogens with zero attached hydrogens (tertiary/aromatic N) is 2. The standard InChI is InChI=1S/C17H27N3O3S/c1-13(21)20-10-6-7-14-11-15(8-9-16(14)20)24(22,23)18-12-17(2,3)19(4)5/h8-9,11,18H,6-7,10,12H2,1-5H3. The lowest BCUT2D eigenvalue weighted by atomic mass is 10.0. The lowest BCUT2D eigenvalue weighted by Gasteiger charge is -2.32. The third-order valence-corrected chi connectivity index (χ3v) is 6.16. The van der Waals surface area contributed by atoms with Crippen LogP contribution in [0.2, 0.25) is 0 Å². The van der Waals surface area contributed by atoms with Crippen molar-refractivity contribution in [3.05, 3.63) is 23.8 Å². The average molecular weight is 353 g/mol. The predicted octanol–water partition coefficient (Wildman–Crippen LogP) is 1.60. The first-order valence-electron chi connectivity index (χ1n) is 8.13. The van der Waals surface area contributed by atoms with Gasteiger partial charge in [0.2, 0.25) is 15.9 Å². The van der Waals surface area contributed by atoms with Gasteiger partial charge in [-0.2, -0.15) is 0 Å². The Labute approximate surface area is 144 Å². The lowest BCUT2D eigenvalue weighted by molar-refractivity contribution is -0.116. The smallest absolute Gasteiger partial charge is 0.240 e. The van der Waals surface area contributed by atoms with Crippen molar-refractivity contribution >= 4 is 21.6 Å². The van der Waals surface area contributed by atoms with Crippen LogP contribution in [0.25, 0.3) is 0 Å². The molecule has 7 heteroatoms. The fourth-order valence-corrected chi connectivity index (χ4v) is 3.84. The summed E-state index contributed by atoms with van der Waals surface area (Å²) >= 11 is 0. The molecule has 0 saturated carbocycles. The van der Waals surface area contributed by atoms with Crippen LogP contribution in [-0.2, 0) is 21.2 Å². The first-order chi connectivity index (χ1) is 11.0. The Hall–Kier alpha value is -1.44. The number of carbonyl (C=O) groups is 1. The number of carbonyl (C=O) groups excluding carboxylic acids is 1. The largest absolute Gasteiger partial charge is 0.312 e. The van der Waals surface area contributed by atoms with Crippen LogP contribution in [-0.4, -0.2) is 51.9 Å². The first-order valence-corrected chi connectivity index (χ1v) is 9.61. The Kier molecular flexibility index (Phi) is 5.37. The van der Waals surface area contributed by atoms with E-state index in [1.807, 2.05) is 32.8 Å². The number of fused-ring (bicyclic) bond motifs is 1. The van der Waals surface area contributed by atoms with Crippen molar-refractivity contribution in [3.63, 3.8) is 0 Å². The zero-order valence-electron chi connectivity index (χ0n) is 15.1. The molecule has 1 aromatic carbocycles. The minimum atomic E-state index is -3.58. The van der Waals surface area contributed by atoms with Crippen LogP contribution < -0.4 is 9.62 Å². The number of hydrogen-bond donors (Lipinski definition) is 1. The molecule has 1 aliphatic heterocycles. The van der Waals surface area contributed by atoms with Crippen molar-refractivity contribution in [2.24, 2.45) is 0 Å². The molecule has 0 aromatic heterocycles. The maximum atomic E-state index is 12.6. The lowest BCUT2D eigenvalue weighted by Crippen LogP contribution is -2.48. The number of rotatable bonds is 5. The molecular formula is C17H27N3O3S. The molecule has 1 N–H and O–H groups in total. The maximum absolute atomic E-state index is 12.6. The van der Waals surface area contributed by atoms with Crippen molar-refractivity contribution in [2.45, 2.75) is 44.0 Å². The molecule has 0 atom stereocenters. The van der Waals surface area contributed by atoms with Gasteiger partial charge in [-0.15, -0.1) is 0 Å². The molecule has 0 aliphatic carbocycles. The molecule has 1 aliphatic rings. The molecule has 2 rings (SSSR count). The first kappa shape index (κ1) is 18.9. The third-order valence-electron chi connectivity index (χ3n) is 4.77. The number of sulfonamides is 1. The van der Waals surface area contributed by atoms with Gasteiger partial charge in [-0.3, -0.25) is 4.79 Å². The molecule has 0 bridgehead atoms. The maximum Gasteiger partial charge on any atom is 0.240 e. The third kappa shape index (κ3) is 3.96. The molecule has 0 spiro atoms. The number of hydrogen-bond acceptors (Lipinski definition) is 4. The Morgan fingerprint density at radius 1 is 1.33 bits per heavy atom. The van der Waals surface area contributed by atoms with Gasteiger partial charge in [0.15, 0.2) is 0 Å². The topological polar surface area (TPSA) is 69.7 Å². The van der Waals surface area contributed by atoms with Gasteiger partial charge in [-0.25, -0.2) is 13.1 Å². The van der Waals surface area contributed by atoms with Gasteiger partial charge < -0.3 is 9.80 Å². The van der Waals surface area contributed by atoms with E-state index in [2.05, 4.69) is 4.72 Å². The summed E-state index contributed by atoms with van der Waals surface area (Å²) in [5.74, 6) is -0.0163. The molecule has 0 fully saturated rings. The second-order valence-corrected chi connectivity index (χ2v) is 8.86. The fraction of sp³-hybridized carbons (Fsp3) is 0.588. The minimum absolute atomic E-state index is 0.0163. The Morgan fingerprint density at radius 3 is 2.58 bits per heavy atom. The van der Waals surface area contributed by atoms with Gasteiger partial charge in [-0.05, 0) is 64.5 Å². The number of benzene rings is 1. The summed E-state index contributed by atoms with van der Waals surface area (Å²) < 4.78 is 27.9. The number of amides is 1. The van der Waals surface area contributed by atoms with Crippen molar-refractivity contribution in [1.82, 2.24) is 9.62 Å². The van der Waals surface area contributed by atoms with Crippen molar-refractivity contribution < 1.29 is 13.2 Å². The second-order valence-electron chi connectivity index (χ2n) is 7.10. The molecule has 134 valence electrons. The van der Waals surface area contributed by atoms with E-state index in [1.165, 1.54) is 6.92 Å². The molecule has 1 amide bonds. The minimum Gasteiger partial charge on any atom is -0.312 e. The van der Waals surface area contributed by atoms with E-state index in [0.717, 1.165) is 24.1 Å². The van der Waals surface area contributed by atoms with E-state index in [9.17, 15) is 13.2 Å². The van der Waals surface area contributed by atoms with E-state index in [1.54, 1.807) is 23.1 Å². The van der Waals surface area contributed by atoms with Gasteiger partial charge in [0, 0.05) is 31.2 Å². The highest BCUT2D eigenvalue weighted by molar-refractivity contribution is 7.89. The zero-order chi connectivity index (χ0) is 18.1. The summed E-state index contributed by atoms with van der Waals surface area (Å²) in [6.45, 7) is 6.49. The molecule has 0 saturated heterocycles. The summed E-state index contributed by atoms with van der Waals surface area (Å²) in [4.78, 5) is 15.6. The molecule has 6 nitrogen and oxygen atoms in total. The van der Waals surface area contributed by atoms with E-state index < -0.39 is 10.0 Å². The highest BCUT2D eigenvalue weighted by Crippen LogP contribution is 2.29.